The molecule has 0 bridgehead atoms. The zero-order chi connectivity index (χ0) is 50.8. The molecule has 2 aromatic heterocycles. The van der Waals surface area contributed by atoms with Crippen LogP contribution in [0, 0.1) is 0 Å². The van der Waals surface area contributed by atoms with Crippen molar-refractivity contribution in [3.8, 4) is 21.6 Å². The number of alkyl carbamates (subject to hydrolysis) is 1. The number of carbonyl (C=O) groups is 3. The number of phosphoric ester groups is 1. The first-order chi connectivity index (χ1) is 33.0. The van der Waals surface area contributed by atoms with Gasteiger partial charge in [-0.3, -0.25) is 28.5 Å². The Morgan fingerprint density at radius 1 is 1.03 bits per heavy atom. The lowest BCUT2D eigenvalue weighted by atomic mass is 9.91. The first kappa shape index (κ1) is 51.7. The maximum atomic E-state index is 14.2. The van der Waals surface area contributed by atoms with Crippen molar-refractivity contribution in [2.75, 3.05) is 72.1 Å². The molecule has 4 aromatic rings. The van der Waals surface area contributed by atoms with Crippen LogP contribution in [0.25, 0.3) is 42.8 Å². The fraction of sp³-hybridized carbons (Fsp3) is 0.372. The highest BCUT2D eigenvalue weighted by Gasteiger charge is 2.51. The van der Waals surface area contributed by atoms with Crippen molar-refractivity contribution < 1.29 is 66.2 Å². The summed E-state index contributed by atoms with van der Waals surface area (Å²) in [5.41, 5.74) is 9.41. The van der Waals surface area contributed by atoms with Crippen molar-refractivity contribution in [1.29, 1.82) is 0 Å². The van der Waals surface area contributed by atoms with Crippen LogP contribution in [-0.2, 0) is 39.3 Å². The van der Waals surface area contributed by atoms with Gasteiger partial charge in [-0.1, -0.05) is 29.2 Å². The van der Waals surface area contributed by atoms with E-state index in [0.717, 1.165) is 42.7 Å². The lowest BCUT2D eigenvalue weighted by Gasteiger charge is -2.22. The summed E-state index contributed by atoms with van der Waals surface area (Å²) in [6, 6.07) is 20.2. The Morgan fingerprint density at radius 2 is 1.76 bits per heavy atom. The Labute approximate surface area is 403 Å². The maximum Gasteiger partial charge on any atom is 0.481 e. The molecule has 7 rings (SSSR count). The largest absolute Gasteiger partial charge is 0.481 e. The average Bonchev–Trinajstić information content (AvgIpc) is 3.78. The van der Waals surface area contributed by atoms with Crippen LogP contribution in [0.1, 0.15) is 29.4 Å². The van der Waals surface area contributed by atoms with E-state index < -0.39 is 58.4 Å². The highest BCUT2D eigenvalue weighted by molar-refractivity contribution is 7.60. The summed E-state index contributed by atoms with van der Waals surface area (Å²) in [5, 5.41) is 18.4. The quantitative estimate of drug-likeness (QED) is 0.0278. The number of nitrogens with one attached hydrogen (secondary N) is 3. The topological polar surface area (TPSA) is 317 Å². The van der Waals surface area contributed by atoms with Crippen LogP contribution < -0.4 is 41.3 Å². The number of hydrogen-bond donors (Lipinski definition) is 8. The number of imidazole rings is 1. The number of nitrogens with zero attached hydrogens (tertiary/aromatic N) is 6. The Hall–Kier alpha value is -6.11. The van der Waals surface area contributed by atoms with Crippen molar-refractivity contribution in [1.82, 2.24) is 34.6 Å². The molecule has 1 fully saturated rings. The number of amides is 3. The number of rotatable bonds is 17. The number of fused-ring (bicyclic) bond motifs is 3. The number of aromatic nitrogens is 4. The fourth-order valence-electron chi connectivity index (χ4n) is 7.99. The molecule has 4 heterocycles. The number of hydrogen-bond acceptors (Lipinski definition) is 15. The predicted molar refractivity (Wildman–Crippen MR) is 258 cm³/mol. The molecule has 2 aromatic carbocycles. The number of nitrogen functional groups attached to an aromatic ring is 1. The van der Waals surface area contributed by atoms with Crippen LogP contribution >= 0.6 is 27.0 Å². The van der Waals surface area contributed by atoms with E-state index in [9.17, 15) is 38.3 Å². The van der Waals surface area contributed by atoms with Crippen molar-refractivity contribution in [2.24, 2.45) is 7.05 Å². The van der Waals surface area contributed by atoms with E-state index in [2.05, 4.69) is 75.3 Å². The molecular formula is C43H54N10O14P2S+2. The summed E-state index contributed by atoms with van der Waals surface area (Å²) in [7, 11) is 0.293. The third kappa shape index (κ3) is 11.7. The summed E-state index contributed by atoms with van der Waals surface area (Å²) in [4.78, 5) is 91.8. The smallest absolute Gasteiger partial charge is 0.437 e. The van der Waals surface area contributed by atoms with Crippen molar-refractivity contribution in [3.05, 3.63) is 88.3 Å². The third-order valence-electron chi connectivity index (χ3n) is 11.3. The number of ether oxygens (including phenoxy) is 2. The Balaban J connectivity index is 0.960. The number of phosphoric acid groups is 2. The molecule has 3 amide bonds. The molecule has 1 saturated heterocycles. The summed E-state index contributed by atoms with van der Waals surface area (Å²) in [6.45, 7) is -0.907. The van der Waals surface area contributed by atoms with Gasteiger partial charge in [0.2, 0.25) is 23.0 Å². The second-order valence-electron chi connectivity index (χ2n) is 16.8. The highest BCUT2D eigenvalue weighted by atomic mass is 32.1. The van der Waals surface area contributed by atoms with Gasteiger partial charge in [0, 0.05) is 91.1 Å². The Morgan fingerprint density at radius 3 is 2.47 bits per heavy atom. The number of aliphatic hydroxyl groups is 1. The summed E-state index contributed by atoms with van der Waals surface area (Å²) < 4.78 is 48.8. The number of aryl methyl sites for hydroxylation is 1. The van der Waals surface area contributed by atoms with Crippen molar-refractivity contribution in [2.45, 2.75) is 37.4 Å². The minimum Gasteiger partial charge on any atom is -0.437 e. The van der Waals surface area contributed by atoms with E-state index in [0.29, 0.717) is 12.0 Å². The number of aromatic amines is 1. The number of benzene rings is 3. The first-order valence-electron chi connectivity index (χ1n) is 21.6. The number of carbonyl (C=O) groups excluding carboxylic acids is 3. The molecule has 374 valence electrons. The molecule has 0 saturated carbocycles. The second-order valence-corrected chi connectivity index (χ2v) is 20.7. The molecule has 0 radical (unpaired) electrons. The van der Waals surface area contributed by atoms with Crippen LogP contribution in [0.5, 0.6) is 0 Å². The standard InChI is InChI=1S/C43H52N10O14P2S/c1-49(2)24-13-15-28-31(20-24)70-32-21-25(50(3)4)14-16-29(32)34(28)26-10-7-8-11-27(26)40(57)51(5)19-9-12-33(54)45-17-18-46-43(58)66-37-36(55)30(22-64-69(62,63)67-68(59,60)61)65-41(37)53-23-52(6)35-38(53)47-42(44)48-39(35)56/h7-8,10-11,13-16,20-21,23,30,36-37,41,55H,9,12,17-19,22H2,1-6H3,(H6-2,44,45,46,47,48,54,56,58,59,60,61,62,63)/p+2/t30-,36-,37-,41-/m1/s1. The molecule has 5 atom stereocenters. The van der Waals surface area contributed by atoms with E-state index >= 15 is 0 Å². The van der Waals surface area contributed by atoms with E-state index in [-0.39, 0.29) is 55.0 Å². The third-order valence-corrected chi connectivity index (χ3v) is 14.6. The molecular weight excluding hydrogens is 975 g/mol. The lowest BCUT2D eigenvalue weighted by molar-refractivity contribution is -0.745. The van der Waals surface area contributed by atoms with Gasteiger partial charge in [0.25, 0.3) is 17.4 Å². The van der Waals surface area contributed by atoms with Crippen LogP contribution in [0.3, 0.4) is 0 Å². The number of aliphatic hydroxyl groups excluding tert-OH is 1. The molecule has 9 N–H and O–H groups in total. The fourth-order valence-corrected chi connectivity index (χ4v) is 10.7. The van der Waals surface area contributed by atoms with Gasteiger partial charge in [0.1, 0.15) is 26.3 Å². The summed E-state index contributed by atoms with van der Waals surface area (Å²) in [5.74, 6) is -0.846. The molecule has 2 aliphatic heterocycles. The minimum absolute atomic E-state index is 0.00781. The highest BCUT2D eigenvalue weighted by Crippen LogP contribution is 2.57. The van der Waals surface area contributed by atoms with Crippen LogP contribution in [0.2, 0.25) is 0 Å². The minimum atomic E-state index is -5.48. The number of nitrogens with two attached hydrogens (primary N) is 1. The SMILES string of the molecule is CN(CCCC(=O)NCCNC(=O)O[C@@H]1[C@H](O)[C@@H](COP(=O)(O)OP(=O)(O)O)O[C@H]1[n+]1cn(C)c2c(=O)[nH]c(N)nc21)C(=O)c1ccccc1-c1c2ccc(=[N+](C)C)cc-2sc2cc(N(C)C)ccc12. The van der Waals surface area contributed by atoms with E-state index in [1.54, 1.807) is 23.3 Å². The zero-order valence-electron chi connectivity index (χ0n) is 38.8. The lowest BCUT2D eigenvalue weighted by Crippen LogP contribution is -2.49. The van der Waals surface area contributed by atoms with Gasteiger partial charge in [-0.05, 0) is 41.8 Å². The first-order valence-corrected chi connectivity index (χ1v) is 25.4. The van der Waals surface area contributed by atoms with Gasteiger partial charge >= 0.3 is 27.4 Å². The van der Waals surface area contributed by atoms with Crippen LogP contribution in [-0.4, -0.2) is 137 Å². The Bertz CT molecular complexity index is 3170. The number of anilines is 2. The van der Waals surface area contributed by atoms with Gasteiger partial charge in [0.15, 0.2) is 12.4 Å². The Kier molecular flexibility index (Phi) is 15.6. The molecule has 1 aliphatic carbocycles. The van der Waals surface area contributed by atoms with Crippen LogP contribution in [0.4, 0.5) is 16.4 Å². The monoisotopic (exact) mass is 1030 g/mol. The van der Waals surface area contributed by atoms with Gasteiger partial charge in [-0.2, -0.15) is 4.31 Å². The average molecular weight is 1030 g/mol. The van der Waals surface area contributed by atoms with Gasteiger partial charge < -0.3 is 55.4 Å². The molecule has 24 nitrogen and oxygen atoms in total. The van der Waals surface area contributed by atoms with Gasteiger partial charge in [0.05, 0.1) is 13.7 Å². The van der Waals surface area contributed by atoms with Gasteiger partial charge in [-0.15, -0.1) is 11.3 Å². The molecule has 1 unspecified atom stereocenters. The predicted octanol–water partition coefficient (Wildman–Crippen LogP) is 1.46. The van der Waals surface area contributed by atoms with E-state index in [1.807, 2.05) is 52.5 Å². The van der Waals surface area contributed by atoms with Crippen molar-refractivity contribution >= 4 is 77.8 Å². The normalized spacial score (nSPS) is 17.9. The summed E-state index contributed by atoms with van der Waals surface area (Å²) >= 11 is 1.70. The van der Waals surface area contributed by atoms with Crippen molar-refractivity contribution in [3.63, 3.8) is 0 Å². The van der Waals surface area contributed by atoms with Crippen LogP contribution in [0.15, 0.2) is 71.8 Å². The summed E-state index contributed by atoms with van der Waals surface area (Å²) in [6.07, 6.45) is -5.86. The molecule has 3 aliphatic rings. The molecule has 27 heteroatoms. The zero-order valence-corrected chi connectivity index (χ0v) is 41.4. The van der Waals surface area contributed by atoms with E-state index in [1.165, 1.54) is 22.5 Å². The molecule has 0 spiro atoms. The number of H-pyrrole nitrogens is 1. The van der Waals surface area contributed by atoms with E-state index in [4.69, 9.17) is 25.0 Å². The maximum absolute atomic E-state index is 14.2. The van der Waals surface area contributed by atoms with Gasteiger partial charge in [-0.25, -0.2) is 23.1 Å². The molecule has 70 heavy (non-hydrogen) atoms. The second kappa shape index (κ2) is 21.1.